The predicted octanol–water partition coefficient (Wildman–Crippen LogP) is 5.79. The first-order chi connectivity index (χ1) is 16.1. The first-order valence-electron chi connectivity index (χ1n) is 12.4. The summed E-state index contributed by atoms with van der Waals surface area (Å²) < 4.78 is 12.3. The van der Waals surface area contributed by atoms with E-state index in [1.165, 1.54) is 5.56 Å². The molecule has 5 heteroatoms. The maximum atomic E-state index is 12.8. The van der Waals surface area contributed by atoms with Crippen molar-refractivity contribution in [2.75, 3.05) is 19.7 Å². The number of hydrogen-bond donors (Lipinski definition) is 0. The molecule has 0 N–H and O–H groups in total. The average molecular weight is 464 g/mol. The summed E-state index contributed by atoms with van der Waals surface area (Å²) in [6, 6.07) is 12.1. The number of Topliss-reactive ketones (excluding diaryl/α,β-unsaturated/α-hetero) is 1. The van der Waals surface area contributed by atoms with Gasteiger partial charge < -0.3 is 14.4 Å². The largest absolute Gasteiger partial charge is 0.494 e. The molecule has 2 aliphatic rings. The second-order valence-corrected chi connectivity index (χ2v) is 10.9. The van der Waals surface area contributed by atoms with Crippen LogP contribution in [0.5, 0.6) is 11.5 Å². The van der Waals surface area contributed by atoms with Crippen LogP contribution in [0.15, 0.2) is 36.4 Å². The van der Waals surface area contributed by atoms with E-state index in [-0.39, 0.29) is 17.1 Å². The van der Waals surface area contributed by atoms with E-state index in [0.29, 0.717) is 57.4 Å². The molecule has 2 aromatic rings. The van der Waals surface area contributed by atoms with Gasteiger partial charge in [0.25, 0.3) is 0 Å². The van der Waals surface area contributed by atoms with Crippen LogP contribution in [0.3, 0.4) is 0 Å². The minimum Gasteiger partial charge on any atom is -0.494 e. The van der Waals surface area contributed by atoms with E-state index in [9.17, 15) is 9.59 Å². The topological polar surface area (TPSA) is 55.8 Å². The Hall–Kier alpha value is -2.82. The number of hydrogen-bond acceptors (Lipinski definition) is 4. The summed E-state index contributed by atoms with van der Waals surface area (Å²) in [5.74, 6) is 1.88. The van der Waals surface area contributed by atoms with Crippen LogP contribution in [0, 0.1) is 13.8 Å². The highest BCUT2D eigenvalue weighted by molar-refractivity contribution is 6.01. The molecule has 34 heavy (non-hydrogen) atoms. The molecule has 0 saturated carbocycles. The third-order valence-electron chi connectivity index (χ3n) is 7.33. The Morgan fingerprint density at radius 1 is 1.06 bits per heavy atom. The molecule has 0 unspecified atom stereocenters. The normalized spacial score (nSPS) is 17.3. The fraction of sp³-hybridized carbons (Fsp3) is 0.517. The smallest absolute Gasteiger partial charge is 0.222 e. The van der Waals surface area contributed by atoms with Crippen LogP contribution in [0.1, 0.15) is 79.9 Å². The summed E-state index contributed by atoms with van der Waals surface area (Å²) in [7, 11) is 0. The van der Waals surface area contributed by atoms with Crippen LogP contribution in [-0.4, -0.2) is 41.9 Å². The van der Waals surface area contributed by atoms with E-state index in [4.69, 9.17) is 9.47 Å². The Balaban J connectivity index is 1.25. The SMILES string of the molecule is Cc1ccc2c(c1C)OC1(CCN(C(=O)CCCOc3ccc(C(C)(C)C)cc3)CC1)CC2=O. The van der Waals surface area contributed by atoms with Crippen molar-refractivity contribution >= 4 is 11.7 Å². The summed E-state index contributed by atoms with van der Waals surface area (Å²) in [6.45, 7) is 12.4. The Morgan fingerprint density at radius 3 is 2.38 bits per heavy atom. The predicted molar refractivity (Wildman–Crippen MR) is 134 cm³/mol. The number of rotatable bonds is 5. The summed E-state index contributed by atoms with van der Waals surface area (Å²) in [4.78, 5) is 27.5. The molecule has 4 rings (SSSR count). The monoisotopic (exact) mass is 463 g/mol. The Morgan fingerprint density at radius 2 is 1.74 bits per heavy atom. The van der Waals surface area contributed by atoms with E-state index in [1.807, 2.05) is 43.0 Å². The van der Waals surface area contributed by atoms with Gasteiger partial charge in [-0.2, -0.15) is 0 Å². The van der Waals surface area contributed by atoms with Crippen LogP contribution < -0.4 is 9.47 Å². The Bertz CT molecular complexity index is 1060. The minimum atomic E-state index is -0.484. The van der Waals surface area contributed by atoms with E-state index < -0.39 is 5.60 Å². The van der Waals surface area contributed by atoms with Gasteiger partial charge in [0.2, 0.25) is 5.91 Å². The van der Waals surface area contributed by atoms with E-state index in [1.54, 1.807) is 0 Å². The molecule has 2 aromatic carbocycles. The zero-order chi connectivity index (χ0) is 24.5. The lowest BCUT2D eigenvalue weighted by atomic mass is 9.81. The standard InChI is InChI=1S/C29H37NO4/c1-20-8-13-24-25(31)19-29(34-27(24)21(20)2)14-16-30(17-15-29)26(32)7-6-18-33-23-11-9-22(10-12-23)28(3,4)5/h8-13H,6-7,14-19H2,1-5H3. The number of likely N-dealkylation sites (tertiary alicyclic amines) is 1. The van der Waals surface area contributed by atoms with Gasteiger partial charge in [0.1, 0.15) is 17.1 Å². The summed E-state index contributed by atoms with van der Waals surface area (Å²) in [5, 5.41) is 0. The van der Waals surface area contributed by atoms with E-state index in [2.05, 4.69) is 32.9 Å². The molecule has 2 heterocycles. The number of benzene rings is 2. The number of aryl methyl sites for hydroxylation is 1. The third kappa shape index (κ3) is 5.13. The number of carbonyl (C=O) groups excluding carboxylic acids is 2. The van der Waals surface area contributed by atoms with Crippen molar-refractivity contribution in [3.05, 3.63) is 58.7 Å². The first-order valence-corrected chi connectivity index (χ1v) is 12.4. The van der Waals surface area contributed by atoms with Crippen LogP contribution in [0.25, 0.3) is 0 Å². The zero-order valence-corrected chi connectivity index (χ0v) is 21.2. The number of carbonyl (C=O) groups is 2. The summed E-state index contributed by atoms with van der Waals surface area (Å²) in [5.41, 5.74) is 3.77. The quantitative estimate of drug-likeness (QED) is 0.527. The van der Waals surface area contributed by atoms with Crippen LogP contribution in [0.4, 0.5) is 0 Å². The lowest BCUT2D eigenvalue weighted by molar-refractivity contribution is -0.135. The molecule has 1 saturated heterocycles. The molecule has 1 amide bonds. The van der Waals surface area contributed by atoms with Crippen molar-refractivity contribution in [2.24, 2.45) is 0 Å². The molecule has 1 fully saturated rings. The minimum absolute atomic E-state index is 0.120. The molecule has 0 bridgehead atoms. The third-order valence-corrected chi connectivity index (χ3v) is 7.33. The average Bonchev–Trinajstić information content (AvgIpc) is 2.79. The van der Waals surface area contributed by atoms with Gasteiger partial charge in [0.15, 0.2) is 5.78 Å². The molecule has 0 radical (unpaired) electrons. The molecule has 2 aliphatic heterocycles. The maximum Gasteiger partial charge on any atom is 0.222 e. The number of ether oxygens (including phenoxy) is 2. The maximum absolute atomic E-state index is 12.8. The number of fused-ring (bicyclic) bond motifs is 1. The lowest BCUT2D eigenvalue weighted by Gasteiger charge is -2.44. The highest BCUT2D eigenvalue weighted by Crippen LogP contribution is 2.41. The first kappa shape index (κ1) is 24.3. The van der Waals surface area contributed by atoms with Gasteiger partial charge in [0.05, 0.1) is 18.6 Å². The number of amides is 1. The zero-order valence-electron chi connectivity index (χ0n) is 21.2. The molecular weight excluding hydrogens is 426 g/mol. The van der Waals surface area contributed by atoms with Gasteiger partial charge in [0, 0.05) is 32.4 Å². The highest BCUT2D eigenvalue weighted by Gasteiger charge is 2.44. The van der Waals surface area contributed by atoms with Gasteiger partial charge in [-0.25, -0.2) is 0 Å². The summed E-state index contributed by atoms with van der Waals surface area (Å²) in [6.07, 6.45) is 2.92. The van der Waals surface area contributed by atoms with Gasteiger partial charge >= 0.3 is 0 Å². The van der Waals surface area contributed by atoms with Crippen molar-refractivity contribution in [1.82, 2.24) is 4.90 Å². The van der Waals surface area contributed by atoms with Crippen LogP contribution in [0.2, 0.25) is 0 Å². The number of ketones is 1. The highest BCUT2D eigenvalue weighted by atomic mass is 16.5. The van der Waals surface area contributed by atoms with Gasteiger partial charge in [-0.05, 0) is 60.6 Å². The van der Waals surface area contributed by atoms with Crippen molar-refractivity contribution in [1.29, 1.82) is 0 Å². The van der Waals surface area contributed by atoms with Crippen molar-refractivity contribution in [3.8, 4) is 11.5 Å². The van der Waals surface area contributed by atoms with Crippen molar-refractivity contribution < 1.29 is 19.1 Å². The summed E-state index contributed by atoms with van der Waals surface area (Å²) >= 11 is 0. The van der Waals surface area contributed by atoms with E-state index >= 15 is 0 Å². The van der Waals surface area contributed by atoms with Gasteiger partial charge in [-0.3, -0.25) is 9.59 Å². The Kier molecular flexibility index (Phi) is 6.75. The molecule has 0 atom stereocenters. The number of piperidine rings is 1. The molecule has 0 aliphatic carbocycles. The van der Waals surface area contributed by atoms with Crippen LogP contribution >= 0.6 is 0 Å². The second-order valence-electron chi connectivity index (χ2n) is 10.9. The fourth-order valence-electron chi connectivity index (χ4n) is 4.85. The second kappa shape index (κ2) is 9.44. The van der Waals surface area contributed by atoms with Crippen molar-refractivity contribution in [3.63, 3.8) is 0 Å². The lowest BCUT2D eigenvalue weighted by Crippen LogP contribution is -2.52. The van der Waals surface area contributed by atoms with Gasteiger partial charge in [-0.1, -0.05) is 39.0 Å². The molecule has 0 aromatic heterocycles. The van der Waals surface area contributed by atoms with Crippen LogP contribution in [-0.2, 0) is 10.2 Å². The molecular formula is C29H37NO4. The molecule has 5 nitrogen and oxygen atoms in total. The van der Waals surface area contributed by atoms with E-state index in [0.717, 1.165) is 22.6 Å². The Labute approximate surface area is 203 Å². The number of nitrogens with zero attached hydrogens (tertiary/aromatic N) is 1. The van der Waals surface area contributed by atoms with Gasteiger partial charge in [-0.15, -0.1) is 0 Å². The fourth-order valence-corrected chi connectivity index (χ4v) is 4.85. The van der Waals surface area contributed by atoms with Crippen molar-refractivity contribution in [2.45, 2.75) is 77.7 Å². The molecule has 1 spiro atoms. The molecule has 182 valence electrons.